The monoisotopic (exact) mass is 429 g/mol. The molecule has 0 radical (unpaired) electrons. The fraction of sp³-hybridized carbons (Fsp3) is 0.0500. The highest BCUT2D eigenvalue weighted by atomic mass is 35.5. The van der Waals surface area contributed by atoms with E-state index in [4.69, 9.17) is 11.6 Å². The first-order chi connectivity index (χ1) is 13.5. The Bertz CT molecular complexity index is 1220. The Morgan fingerprint density at radius 3 is 2.54 bits per heavy atom. The van der Waals surface area contributed by atoms with E-state index in [0.29, 0.717) is 22.0 Å². The number of para-hydroxylation sites is 1. The van der Waals surface area contributed by atoms with Crippen LogP contribution in [0, 0.1) is 6.92 Å². The molecule has 0 unspecified atom stereocenters. The minimum Gasteiger partial charge on any atom is -0.279 e. The third-order valence-corrected chi connectivity index (χ3v) is 6.91. The molecule has 28 heavy (non-hydrogen) atoms. The van der Waals surface area contributed by atoms with Crippen LogP contribution in [-0.2, 0) is 10.0 Å². The predicted octanol–water partition coefficient (Wildman–Crippen LogP) is 5.36. The minimum absolute atomic E-state index is 0.109. The van der Waals surface area contributed by atoms with Gasteiger partial charge in [-0.1, -0.05) is 41.9 Å². The van der Waals surface area contributed by atoms with Gasteiger partial charge in [0.2, 0.25) is 0 Å². The zero-order chi connectivity index (χ0) is 19.7. The van der Waals surface area contributed by atoms with E-state index in [-0.39, 0.29) is 4.90 Å². The van der Waals surface area contributed by atoms with Crippen LogP contribution in [0.15, 0.2) is 77.1 Å². The summed E-state index contributed by atoms with van der Waals surface area (Å²) in [5, 5.41) is 6.94. The summed E-state index contributed by atoms with van der Waals surface area (Å²) < 4.78 is 30.7. The number of hydrogen-bond acceptors (Lipinski definition) is 4. The first-order valence-electron chi connectivity index (χ1n) is 8.42. The second-order valence-corrected chi connectivity index (χ2v) is 9.12. The molecule has 0 aliphatic carbocycles. The largest absolute Gasteiger partial charge is 0.279 e. The summed E-state index contributed by atoms with van der Waals surface area (Å²) in [6.45, 7) is 1.77. The highest BCUT2D eigenvalue weighted by molar-refractivity contribution is 7.92. The normalized spacial score (nSPS) is 11.5. The highest BCUT2D eigenvalue weighted by Gasteiger charge is 2.25. The maximum atomic E-state index is 13.2. The van der Waals surface area contributed by atoms with Crippen molar-refractivity contribution in [3.8, 4) is 16.3 Å². The molecule has 0 spiro atoms. The molecule has 5 nitrogen and oxygen atoms in total. The third kappa shape index (κ3) is 3.56. The maximum Gasteiger partial charge on any atom is 0.265 e. The van der Waals surface area contributed by atoms with Gasteiger partial charge in [-0.15, -0.1) is 11.3 Å². The molecule has 4 aromatic rings. The van der Waals surface area contributed by atoms with Gasteiger partial charge in [-0.25, -0.2) is 13.1 Å². The minimum atomic E-state index is -3.88. The lowest BCUT2D eigenvalue weighted by Gasteiger charge is -2.11. The van der Waals surface area contributed by atoms with E-state index in [2.05, 4.69) is 9.82 Å². The Morgan fingerprint density at radius 2 is 1.82 bits per heavy atom. The molecule has 2 aromatic carbocycles. The number of halogens is 1. The van der Waals surface area contributed by atoms with E-state index in [9.17, 15) is 8.42 Å². The van der Waals surface area contributed by atoms with Crippen LogP contribution in [0.4, 0.5) is 5.69 Å². The number of rotatable bonds is 5. The Kier molecular flexibility index (Phi) is 4.97. The summed E-state index contributed by atoms with van der Waals surface area (Å²) in [6, 6.07) is 18.2. The molecule has 0 amide bonds. The van der Waals surface area contributed by atoms with Crippen molar-refractivity contribution in [2.75, 3.05) is 4.72 Å². The fourth-order valence-electron chi connectivity index (χ4n) is 2.77. The van der Waals surface area contributed by atoms with Crippen LogP contribution in [0.25, 0.3) is 16.3 Å². The summed E-state index contributed by atoms with van der Waals surface area (Å²) in [7, 11) is -3.88. The van der Waals surface area contributed by atoms with Crippen molar-refractivity contribution in [2.24, 2.45) is 0 Å². The second kappa shape index (κ2) is 7.43. The predicted molar refractivity (Wildman–Crippen MR) is 114 cm³/mol. The quantitative estimate of drug-likeness (QED) is 0.464. The molecule has 2 aromatic heterocycles. The fourth-order valence-corrected chi connectivity index (χ4v) is 5.00. The number of aromatic nitrogens is 2. The van der Waals surface area contributed by atoms with Gasteiger partial charge in [0.05, 0.1) is 22.4 Å². The number of hydrogen-bond donors (Lipinski definition) is 1. The molecule has 142 valence electrons. The first-order valence-corrected chi connectivity index (χ1v) is 11.2. The van der Waals surface area contributed by atoms with Crippen LogP contribution in [0.3, 0.4) is 0 Å². The van der Waals surface area contributed by atoms with Crippen molar-refractivity contribution in [1.82, 2.24) is 9.78 Å². The van der Waals surface area contributed by atoms with E-state index < -0.39 is 10.0 Å². The number of anilines is 1. The molecule has 0 saturated carbocycles. The van der Waals surface area contributed by atoms with Crippen molar-refractivity contribution in [3.05, 3.63) is 82.8 Å². The average molecular weight is 430 g/mol. The van der Waals surface area contributed by atoms with Gasteiger partial charge in [-0.3, -0.25) is 4.72 Å². The molecule has 1 N–H and O–H groups in total. The van der Waals surface area contributed by atoms with E-state index in [0.717, 1.165) is 10.6 Å². The maximum absolute atomic E-state index is 13.2. The second-order valence-electron chi connectivity index (χ2n) is 6.12. The molecule has 4 rings (SSSR count). The van der Waals surface area contributed by atoms with Gasteiger partial charge < -0.3 is 0 Å². The summed E-state index contributed by atoms with van der Waals surface area (Å²) >= 11 is 7.57. The van der Waals surface area contributed by atoms with Gasteiger partial charge >= 0.3 is 0 Å². The molecule has 0 fully saturated rings. The first kappa shape index (κ1) is 18.7. The van der Waals surface area contributed by atoms with Crippen LogP contribution >= 0.6 is 22.9 Å². The summed E-state index contributed by atoms with van der Waals surface area (Å²) in [6.07, 6.45) is 1.53. The molecule has 0 bridgehead atoms. The Labute approximate surface area is 172 Å². The summed E-state index contributed by atoms with van der Waals surface area (Å²) in [5.74, 6) is 0. The summed E-state index contributed by atoms with van der Waals surface area (Å²) in [5.41, 5.74) is 2.30. The standard InChI is InChI=1S/C20H16ClN3O2S2/c1-14-16(21)9-5-10-17(14)23-28(25,26)19-13-24(15-7-3-2-4-8-15)22-20(19)18-11-6-12-27-18/h2-13,23H,1H3. The lowest BCUT2D eigenvalue weighted by molar-refractivity contribution is 0.601. The van der Waals surface area contributed by atoms with E-state index in [1.165, 1.54) is 17.5 Å². The van der Waals surface area contributed by atoms with Crippen LogP contribution in [0.5, 0.6) is 0 Å². The molecule has 0 aliphatic rings. The number of benzene rings is 2. The number of nitrogens with zero attached hydrogens (tertiary/aromatic N) is 2. The average Bonchev–Trinajstić information content (AvgIpc) is 3.36. The Hall–Kier alpha value is -2.61. The number of thiophene rings is 1. The lowest BCUT2D eigenvalue weighted by atomic mass is 10.2. The number of nitrogens with one attached hydrogen (secondary N) is 1. The van der Waals surface area contributed by atoms with E-state index in [1.807, 2.05) is 47.8 Å². The molecular weight excluding hydrogens is 414 g/mol. The van der Waals surface area contributed by atoms with Gasteiger partial charge in [-0.05, 0) is 48.2 Å². The van der Waals surface area contributed by atoms with Crippen molar-refractivity contribution in [1.29, 1.82) is 0 Å². The zero-order valence-electron chi connectivity index (χ0n) is 14.8. The van der Waals surface area contributed by atoms with Gasteiger partial charge in [0.1, 0.15) is 10.6 Å². The van der Waals surface area contributed by atoms with Gasteiger partial charge in [-0.2, -0.15) is 5.10 Å². The Balaban J connectivity index is 1.83. The van der Waals surface area contributed by atoms with Crippen molar-refractivity contribution in [2.45, 2.75) is 11.8 Å². The molecule has 0 atom stereocenters. The highest BCUT2D eigenvalue weighted by Crippen LogP contribution is 2.33. The van der Waals surface area contributed by atoms with Crippen LogP contribution in [-0.4, -0.2) is 18.2 Å². The van der Waals surface area contributed by atoms with E-state index in [1.54, 1.807) is 29.8 Å². The number of sulfonamides is 1. The van der Waals surface area contributed by atoms with Crippen molar-refractivity contribution < 1.29 is 8.42 Å². The molecule has 0 aliphatic heterocycles. The summed E-state index contributed by atoms with van der Waals surface area (Å²) in [4.78, 5) is 0.885. The van der Waals surface area contributed by atoms with Crippen molar-refractivity contribution >= 4 is 38.6 Å². The lowest BCUT2D eigenvalue weighted by Crippen LogP contribution is -2.14. The van der Waals surface area contributed by atoms with Crippen LogP contribution < -0.4 is 4.72 Å². The van der Waals surface area contributed by atoms with Gasteiger partial charge in [0, 0.05) is 5.02 Å². The molecule has 0 saturated heterocycles. The zero-order valence-corrected chi connectivity index (χ0v) is 17.2. The van der Waals surface area contributed by atoms with Crippen LogP contribution in [0.2, 0.25) is 5.02 Å². The van der Waals surface area contributed by atoms with Crippen molar-refractivity contribution in [3.63, 3.8) is 0 Å². The van der Waals surface area contributed by atoms with Crippen LogP contribution in [0.1, 0.15) is 5.56 Å². The molecule has 2 heterocycles. The Morgan fingerprint density at radius 1 is 1.04 bits per heavy atom. The third-order valence-electron chi connectivity index (χ3n) is 4.26. The van der Waals surface area contributed by atoms with Gasteiger partial charge in [0.25, 0.3) is 10.0 Å². The van der Waals surface area contributed by atoms with E-state index >= 15 is 0 Å². The SMILES string of the molecule is Cc1c(Cl)cccc1NS(=O)(=O)c1cn(-c2ccccc2)nc1-c1cccs1. The topological polar surface area (TPSA) is 64.0 Å². The smallest absolute Gasteiger partial charge is 0.265 e. The van der Waals surface area contributed by atoms with Gasteiger partial charge in [0.15, 0.2) is 0 Å². The molecular formula is C20H16ClN3O2S2. The molecule has 8 heteroatoms.